The maximum atomic E-state index is 13.4. The molecule has 1 spiro atoms. The second kappa shape index (κ2) is 6.53. The summed E-state index contributed by atoms with van der Waals surface area (Å²) in [4.78, 5) is 26.7. The molecular weight excluding hydrogens is 371 g/mol. The molecule has 2 fully saturated rings. The summed E-state index contributed by atoms with van der Waals surface area (Å²) in [6, 6.07) is 8.45. The molecule has 1 atom stereocenters. The van der Waals surface area contributed by atoms with E-state index in [0.717, 1.165) is 12.0 Å². The topological polar surface area (TPSA) is 58.1 Å². The molecule has 2 heterocycles. The zero-order valence-electron chi connectivity index (χ0n) is 15.6. The highest BCUT2D eigenvalue weighted by Gasteiger charge is 2.58. The number of carbonyl (C=O) groups is 1. The first-order valence-electron chi connectivity index (χ1n) is 9.45. The van der Waals surface area contributed by atoms with Crippen molar-refractivity contribution in [3.63, 3.8) is 0 Å². The Balaban J connectivity index is 1.57. The largest absolute Gasteiger partial charge is 0.392 e. The first kappa shape index (κ1) is 18.8. The van der Waals surface area contributed by atoms with Crippen LogP contribution in [0.5, 0.6) is 0 Å². The Morgan fingerprint density at radius 2 is 1.89 bits per heavy atom. The summed E-state index contributed by atoms with van der Waals surface area (Å²) in [5, 5.41) is 2.81. The lowest BCUT2D eigenvalue weighted by molar-refractivity contribution is -0.235. The van der Waals surface area contributed by atoms with Crippen LogP contribution in [0.3, 0.4) is 0 Å². The minimum absolute atomic E-state index is 0.0441. The molecule has 8 heteroatoms. The third kappa shape index (κ3) is 3.14. The molecule has 1 saturated carbocycles. The van der Waals surface area contributed by atoms with E-state index in [0.29, 0.717) is 18.5 Å². The molecule has 4 rings (SSSR count). The van der Waals surface area contributed by atoms with E-state index < -0.39 is 23.4 Å². The van der Waals surface area contributed by atoms with Crippen LogP contribution in [0.15, 0.2) is 35.1 Å². The number of rotatable bonds is 2. The number of alkyl halides is 3. The Kier molecular flexibility index (Phi) is 4.39. The van der Waals surface area contributed by atoms with Crippen LogP contribution >= 0.6 is 0 Å². The number of amides is 1. The van der Waals surface area contributed by atoms with Gasteiger partial charge in [-0.3, -0.25) is 14.7 Å². The van der Waals surface area contributed by atoms with Gasteiger partial charge in [-0.05, 0) is 43.7 Å². The normalized spacial score (nSPS) is 21.6. The molecule has 2 aromatic rings. The lowest BCUT2D eigenvalue weighted by Gasteiger charge is -2.54. The van der Waals surface area contributed by atoms with Crippen LogP contribution in [0.2, 0.25) is 0 Å². The summed E-state index contributed by atoms with van der Waals surface area (Å²) in [7, 11) is 0. The van der Waals surface area contributed by atoms with Gasteiger partial charge in [0.15, 0.2) is 0 Å². The van der Waals surface area contributed by atoms with E-state index in [1.807, 2.05) is 19.1 Å². The van der Waals surface area contributed by atoms with Crippen LogP contribution in [-0.2, 0) is 0 Å². The van der Waals surface area contributed by atoms with E-state index in [1.54, 1.807) is 12.1 Å². The van der Waals surface area contributed by atoms with Crippen molar-refractivity contribution in [2.75, 3.05) is 13.1 Å². The van der Waals surface area contributed by atoms with Gasteiger partial charge in [-0.15, -0.1) is 0 Å². The van der Waals surface area contributed by atoms with Gasteiger partial charge in [0.1, 0.15) is 5.69 Å². The first-order chi connectivity index (χ1) is 13.2. The van der Waals surface area contributed by atoms with Crippen molar-refractivity contribution in [3.8, 4) is 5.69 Å². The number of piperidine rings is 1. The van der Waals surface area contributed by atoms with Crippen LogP contribution in [0.4, 0.5) is 13.2 Å². The molecule has 1 N–H and O–H groups in total. The van der Waals surface area contributed by atoms with Crippen LogP contribution in [0.1, 0.15) is 41.7 Å². The van der Waals surface area contributed by atoms with Gasteiger partial charge in [-0.2, -0.15) is 13.2 Å². The second-order valence-electron chi connectivity index (χ2n) is 8.00. The molecule has 28 heavy (non-hydrogen) atoms. The molecule has 1 aromatic heterocycles. The molecule has 2 aliphatic rings. The van der Waals surface area contributed by atoms with Crippen LogP contribution in [0.25, 0.3) is 5.69 Å². The molecule has 5 nitrogen and oxygen atoms in total. The summed E-state index contributed by atoms with van der Waals surface area (Å²) in [5.41, 5.74) is 0.492. The Labute approximate surface area is 160 Å². The number of nitrogens with one attached hydrogen (secondary N) is 1. The van der Waals surface area contributed by atoms with E-state index >= 15 is 0 Å². The van der Waals surface area contributed by atoms with Crippen molar-refractivity contribution in [1.29, 1.82) is 0 Å². The second-order valence-corrected chi connectivity index (χ2v) is 8.00. The number of aromatic nitrogens is 2. The number of aromatic amines is 1. The average Bonchev–Trinajstić information content (AvgIpc) is 3.01. The Morgan fingerprint density at radius 1 is 1.21 bits per heavy atom. The molecule has 1 aromatic carbocycles. The van der Waals surface area contributed by atoms with Crippen molar-refractivity contribution >= 4 is 5.91 Å². The predicted octanol–water partition coefficient (Wildman–Crippen LogP) is 3.67. The monoisotopic (exact) mass is 393 g/mol. The fraction of sp³-hybridized carbons (Fsp3) is 0.500. The Bertz CT molecular complexity index is 939. The highest BCUT2D eigenvalue weighted by molar-refractivity contribution is 5.92. The van der Waals surface area contributed by atoms with Gasteiger partial charge in [0.2, 0.25) is 0 Å². The number of nitrogens with zero attached hydrogens (tertiary/aromatic N) is 2. The molecule has 0 radical (unpaired) electrons. The van der Waals surface area contributed by atoms with Gasteiger partial charge in [-0.25, -0.2) is 4.68 Å². The van der Waals surface area contributed by atoms with Crippen molar-refractivity contribution in [1.82, 2.24) is 14.7 Å². The third-order valence-corrected chi connectivity index (χ3v) is 6.21. The highest BCUT2D eigenvalue weighted by atomic mass is 19.4. The summed E-state index contributed by atoms with van der Waals surface area (Å²) in [6.45, 7) is 2.06. The molecule has 0 bridgehead atoms. The molecule has 1 saturated heterocycles. The van der Waals surface area contributed by atoms with Crippen molar-refractivity contribution < 1.29 is 18.0 Å². The van der Waals surface area contributed by atoms with Gasteiger partial charge in [0.05, 0.1) is 11.6 Å². The van der Waals surface area contributed by atoms with Gasteiger partial charge in [0.25, 0.3) is 11.5 Å². The predicted molar refractivity (Wildman–Crippen MR) is 97.5 cm³/mol. The lowest BCUT2D eigenvalue weighted by atomic mass is 9.58. The van der Waals surface area contributed by atoms with Crippen molar-refractivity contribution in [3.05, 3.63) is 51.9 Å². The first-order valence-corrected chi connectivity index (χ1v) is 9.45. The molecule has 1 amide bonds. The van der Waals surface area contributed by atoms with E-state index in [2.05, 4.69) is 5.10 Å². The Hall–Kier alpha value is -2.51. The molecule has 1 aliphatic carbocycles. The third-order valence-electron chi connectivity index (χ3n) is 6.21. The fourth-order valence-electron chi connectivity index (χ4n) is 4.54. The van der Waals surface area contributed by atoms with Gasteiger partial charge in [0, 0.05) is 19.2 Å². The number of carbonyl (C=O) groups excluding carboxylic acids is 1. The maximum absolute atomic E-state index is 13.4. The quantitative estimate of drug-likeness (QED) is 0.847. The minimum atomic E-state index is -4.24. The van der Waals surface area contributed by atoms with Crippen LogP contribution < -0.4 is 5.56 Å². The number of hydrogen-bond acceptors (Lipinski definition) is 2. The number of benzene rings is 1. The van der Waals surface area contributed by atoms with E-state index in [-0.39, 0.29) is 30.8 Å². The standard InChI is InChI=1S/C20H22F3N3O2/c1-13-3-5-14(6-4-13)26-17(27)11-15(24-26)18(28)25-10-7-16(20(21,22)23)19(12-25)8-2-9-19/h3-6,11,16,24H,2,7-10,12H2,1H3. The molecule has 150 valence electrons. The van der Waals surface area contributed by atoms with Crippen LogP contribution in [0, 0.1) is 18.3 Å². The zero-order chi connectivity index (χ0) is 20.1. The van der Waals surface area contributed by atoms with Gasteiger partial charge < -0.3 is 4.90 Å². The van der Waals surface area contributed by atoms with E-state index in [9.17, 15) is 22.8 Å². The minimum Gasteiger partial charge on any atom is -0.337 e. The summed E-state index contributed by atoms with van der Waals surface area (Å²) in [6.07, 6.45) is -2.59. The van der Waals surface area contributed by atoms with E-state index in [1.165, 1.54) is 15.6 Å². The molecule has 1 unspecified atom stereocenters. The fourth-order valence-corrected chi connectivity index (χ4v) is 4.54. The summed E-state index contributed by atoms with van der Waals surface area (Å²) < 4.78 is 41.6. The van der Waals surface area contributed by atoms with Crippen LogP contribution in [-0.4, -0.2) is 39.9 Å². The smallest absolute Gasteiger partial charge is 0.337 e. The van der Waals surface area contributed by atoms with Gasteiger partial charge in [-0.1, -0.05) is 24.1 Å². The number of aryl methyl sites for hydroxylation is 1. The Morgan fingerprint density at radius 3 is 2.46 bits per heavy atom. The molecule has 1 aliphatic heterocycles. The van der Waals surface area contributed by atoms with Gasteiger partial charge >= 0.3 is 6.18 Å². The number of hydrogen-bond donors (Lipinski definition) is 1. The average molecular weight is 393 g/mol. The maximum Gasteiger partial charge on any atom is 0.392 e. The van der Waals surface area contributed by atoms with Crippen molar-refractivity contribution in [2.45, 2.75) is 38.8 Å². The zero-order valence-corrected chi connectivity index (χ0v) is 15.6. The highest BCUT2D eigenvalue weighted by Crippen LogP contribution is 2.56. The van der Waals surface area contributed by atoms with E-state index in [4.69, 9.17) is 0 Å². The molecular formula is C20H22F3N3O2. The number of halogens is 3. The summed E-state index contributed by atoms with van der Waals surface area (Å²) >= 11 is 0. The lowest BCUT2D eigenvalue weighted by Crippen LogP contribution is -2.57. The SMILES string of the molecule is Cc1ccc(-n2[nH]c(C(=O)N3CCC(C(F)(F)F)C4(CCC4)C3)cc2=O)cc1. The number of H-pyrrole nitrogens is 1. The van der Waals surface area contributed by atoms with Crippen molar-refractivity contribution in [2.24, 2.45) is 11.3 Å². The number of likely N-dealkylation sites (tertiary alicyclic amines) is 1. The summed E-state index contributed by atoms with van der Waals surface area (Å²) in [5.74, 6) is -1.77.